The smallest absolute Gasteiger partial charge is 0.251 e. The van der Waals surface area contributed by atoms with Crippen molar-refractivity contribution in [3.05, 3.63) is 0 Å². The molecule has 0 spiro atoms. The molecule has 0 bridgehead atoms. The third-order valence-electron chi connectivity index (χ3n) is 3.04. The number of nitrogens with one attached hydrogen (secondary N) is 2. The Balaban J connectivity index is 2.01. The van der Waals surface area contributed by atoms with Crippen LogP contribution in [-0.2, 0) is 4.79 Å². The second kappa shape index (κ2) is 2.94. The zero-order chi connectivity index (χ0) is 9.47. The number of hydrogen-bond donors (Lipinski definition) is 2. The molecule has 0 aromatic rings. The maximum Gasteiger partial charge on any atom is 0.251 e. The van der Waals surface area contributed by atoms with Crippen molar-refractivity contribution < 1.29 is 4.79 Å². The van der Waals surface area contributed by atoms with Crippen LogP contribution in [0.1, 0.15) is 32.6 Å². The summed E-state index contributed by atoms with van der Waals surface area (Å²) < 4.78 is 0. The molecule has 0 radical (unpaired) electrons. The molecule has 1 saturated carbocycles. The Labute approximate surface area is 83.3 Å². The number of hydrogen-bond acceptors (Lipinski definition) is 2. The van der Waals surface area contributed by atoms with E-state index in [0.717, 1.165) is 6.42 Å². The van der Waals surface area contributed by atoms with Crippen molar-refractivity contribution in [3.8, 4) is 0 Å². The second-order valence-electron chi connectivity index (χ2n) is 4.24. The van der Waals surface area contributed by atoms with Crippen molar-refractivity contribution in [3.63, 3.8) is 0 Å². The van der Waals surface area contributed by atoms with Gasteiger partial charge in [0.1, 0.15) is 5.54 Å². The molecule has 1 unspecified atom stereocenters. The Bertz CT molecular complexity index is 262. The minimum atomic E-state index is -0.442. The lowest BCUT2D eigenvalue weighted by molar-refractivity contribution is -0.124. The lowest BCUT2D eigenvalue weighted by atomic mass is 9.76. The quantitative estimate of drug-likeness (QED) is 0.649. The average molecular weight is 198 g/mol. The van der Waals surface area contributed by atoms with Crippen LogP contribution < -0.4 is 10.6 Å². The highest BCUT2D eigenvalue weighted by molar-refractivity contribution is 7.80. The highest BCUT2D eigenvalue weighted by atomic mass is 32.1. The van der Waals surface area contributed by atoms with Gasteiger partial charge in [-0.2, -0.15) is 0 Å². The Morgan fingerprint density at radius 2 is 2.31 bits per heavy atom. The lowest BCUT2D eigenvalue weighted by Gasteiger charge is -2.32. The third-order valence-corrected chi connectivity index (χ3v) is 3.24. The zero-order valence-corrected chi connectivity index (χ0v) is 8.54. The van der Waals surface area contributed by atoms with Crippen molar-refractivity contribution in [2.75, 3.05) is 0 Å². The van der Waals surface area contributed by atoms with E-state index in [1.54, 1.807) is 0 Å². The van der Waals surface area contributed by atoms with E-state index in [1.807, 2.05) is 6.92 Å². The first-order valence-corrected chi connectivity index (χ1v) is 5.14. The number of rotatable bonds is 2. The summed E-state index contributed by atoms with van der Waals surface area (Å²) in [5.41, 5.74) is -0.442. The fourth-order valence-corrected chi connectivity index (χ4v) is 2.32. The molecular formula is C9H14N2OS. The Morgan fingerprint density at radius 1 is 1.62 bits per heavy atom. The minimum absolute atomic E-state index is 0.0319. The second-order valence-corrected chi connectivity index (χ2v) is 4.65. The van der Waals surface area contributed by atoms with Gasteiger partial charge in [0, 0.05) is 0 Å². The molecule has 4 heteroatoms. The molecule has 1 aliphatic heterocycles. The summed E-state index contributed by atoms with van der Waals surface area (Å²) in [7, 11) is 0. The average Bonchev–Trinajstić information content (AvgIpc) is 2.19. The van der Waals surface area contributed by atoms with Crippen LogP contribution in [0.5, 0.6) is 0 Å². The Hall–Kier alpha value is -0.640. The number of carbonyl (C=O) groups excluding carboxylic acids is 1. The van der Waals surface area contributed by atoms with Crippen molar-refractivity contribution in [1.82, 2.24) is 10.6 Å². The topological polar surface area (TPSA) is 41.1 Å². The molecule has 72 valence electrons. The Kier molecular flexibility index (Phi) is 2.02. The molecule has 2 fully saturated rings. The summed E-state index contributed by atoms with van der Waals surface area (Å²) in [4.78, 5) is 11.5. The molecule has 0 aromatic heterocycles. The number of amides is 1. The first kappa shape index (κ1) is 8.94. The van der Waals surface area contributed by atoms with Crippen LogP contribution in [0.4, 0.5) is 0 Å². The Morgan fingerprint density at radius 3 is 2.69 bits per heavy atom. The first-order valence-electron chi connectivity index (χ1n) is 4.74. The number of thiocarbonyl (C=S) groups is 1. The van der Waals surface area contributed by atoms with Gasteiger partial charge < -0.3 is 10.6 Å². The molecule has 2 N–H and O–H groups in total. The highest BCUT2D eigenvalue weighted by Gasteiger charge is 2.42. The van der Waals surface area contributed by atoms with Gasteiger partial charge in [-0.05, 0) is 31.5 Å². The van der Waals surface area contributed by atoms with E-state index in [-0.39, 0.29) is 5.91 Å². The lowest BCUT2D eigenvalue weighted by Crippen LogP contribution is -2.46. The monoisotopic (exact) mass is 198 g/mol. The summed E-state index contributed by atoms with van der Waals surface area (Å²) in [5.74, 6) is 0.744. The van der Waals surface area contributed by atoms with Gasteiger partial charge in [-0.15, -0.1) is 0 Å². The fourth-order valence-electron chi connectivity index (χ4n) is 2.00. The van der Waals surface area contributed by atoms with Crippen molar-refractivity contribution in [1.29, 1.82) is 0 Å². The standard InChI is InChI=1S/C9H14N2OS/c1-9(5-6-3-2-4-6)7(12)10-8(13)11-9/h6H,2-5H2,1H3,(H2,10,11,12,13). The van der Waals surface area contributed by atoms with Crippen LogP contribution in [0, 0.1) is 5.92 Å². The van der Waals surface area contributed by atoms with E-state index in [4.69, 9.17) is 12.2 Å². The zero-order valence-electron chi connectivity index (χ0n) is 7.72. The van der Waals surface area contributed by atoms with Gasteiger partial charge >= 0.3 is 0 Å². The van der Waals surface area contributed by atoms with Crippen LogP contribution in [0.25, 0.3) is 0 Å². The maximum atomic E-state index is 11.5. The largest absolute Gasteiger partial charge is 0.348 e. The fraction of sp³-hybridized carbons (Fsp3) is 0.778. The van der Waals surface area contributed by atoms with Crippen molar-refractivity contribution in [2.24, 2.45) is 5.92 Å². The maximum absolute atomic E-state index is 11.5. The molecule has 13 heavy (non-hydrogen) atoms. The molecule has 1 aliphatic carbocycles. The van der Waals surface area contributed by atoms with Gasteiger partial charge in [-0.1, -0.05) is 19.3 Å². The normalized spacial score (nSPS) is 33.9. The van der Waals surface area contributed by atoms with Gasteiger partial charge in [0.2, 0.25) is 0 Å². The van der Waals surface area contributed by atoms with Crippen LogP contribution in [-0.4, -0.2) is 16.6 Å². The molecule has 2 rings (SSSR count). The predicted octanol–water partition coefficient (Wildman–Crippen LogP) is 0.940. The van der Waals surface area contributed by atoms with Crippen LogP contribution >= 0.6 is 12.2 Å². The van der Waals surface area contributed by atoms with E-state index in [2.05, 4.69) is 10.6 Å². The van der Waals surface area contributed by atoms with Crippen LogP contribution in [0.2, 0.25) is 0 Å². The van der Waals surface area contributed by atoms with Gasteiger partial charge in [0.25, 0.3) is 5.91 Å². The summed E-state index contributed by atoms with van der Waals surface area (Å²) in [5, 5.41) is 6.17. The van der Waals surface area contributed by atoms with E-state index >= 15 is 0 Å². The summed E-state index contributed by atoms with van der Waals surface area (Å²) in [6.07, 6.45) is 4.75. The van der Waals surface area contributed by atoms with Crippen LogP contribution in [0.3, 0.4) is 0 Å². The predicted molar refractivity (Wildman–Crippen MR) is 54.2 cm³/mol. The van der Waals surface area contributed by atoms with Gasteiger partial charge in [0.15, 0.2) is 5.11 Å². The van der Waals surface area contributed by atoms with Crippen molar-refractivity contribution in [2.45, 2.75) is 38.1 Å². The molecule has 1 amide bonds. The minimum Gasteiger partial charge on any atom is -0.348 e. The molecular weight excluding hydrogens is 184 g/mol. The van der Waals surface area contributed by atoms with E-state index < -0.39 is 5.54 Å². The summed E-state index contributed by atoms with van der Waals surface area (Å²) >= 11 is 4.91. The van der Waals surface area contributed by atoms with Crippen LogP contribution in [0.15, 0.2) is 0 Å². The molecule has 0 aromatic carbocycles. The third kappa shape index (κ3) is 1.55. The summed E-state index contributed by atoms with van der Waals surface area (Å²) in [6.45, 7) is 1.93. The molecule has 2 aliphatic rings. The molecule has 1 heterocycles. The summed E-state index contributed by atoms with van der Waals surface area (Å²) in [6, 6.07) is 0. The van der Waals surface area contributed by atoms with Gasteiger partial charge in [-0.3, -0.25) is 4.79 Å². The SMILES string of the molecule is CC1(CC2CCC2)NC(=S)NC1=O. The van der Waals surface area contributed by atoms with E-state index in [0.29, 0.717) is 11.0 Å². The van der Waals surface area contributed by atoms with E-state index in [9.17, 15) is 4.79 Å². The van der Waals surface area contributed by atoms with Gasteiger partial charge in [-0.25, -0.2) is 0 Å². The van der Waals surface area contributed by atoms with Gasteiger partial charge in [0.05, 0.1) is 0 Å². The first-order chi connectivity index (χ1) is 6.10. The molecule has 1 atom stereocenters. The van der Waals surface area contributed by atoms with Crippen molar-refractivity contribution >= 4 is 23.2 Å². The van der Waals surface area contributed by atoms with E-state index in [1.165, 1.54) is 19.3 Å². The molecule has 1 saturated heterocycles. The highest BCUT2D eigenvalue weighted by Crippen LogP contribution is 2.34. The number of carbonyl (C=O) groups is 1. The molecule has 3 nitrogen and oxygen atoms in total.